The number of amides is 2. The Hall–Kier alpha value is -3.26. The van der Waals surface area contributed by atoms with Gasteiger partial charge in [-0.3, -0.25) is 4.79 Å². The summed E-state index contributed by atoms with van der Waals surface area (Å²) in [5, 5.41) is 3.00. The van der Waals surface area contributed by atoms with E-state index in [0.29, 0.717) is 10.5 Å². The Morgan fingerprint density at radius 3 is 1.76 bits per heavy atom. The van der Waals surface area contributed by atoms with Crippen LogP contribution in [0.4, 0.5) is 26.1 Å². The predicted octanol–water partition coefficient (Wildman–Crippen LogP) is 7.03. The van der Waals surface area contributed by atoms with E-state index in [9.17, 15) is 19.2 Å². The van der Waals surface area contributed by atoms with Crippen LogP contribution < -0.4 is 15.0 Å². The molecule has 13 nitrogen and oxygen atoms in total. The summed E-state index contributed by atoms with van der Waals surface area (Å²) in [6.45, 7) is 27.2. The minimum Gasteiger partial charge on any atom is -0.443 e. The lowest BCUT2D eigenvalue weighted by Gasteiger charge is -2.39. The molecule has 0 bridgehead atoms. The van der Waals surface area contributed by atoms with Crippen LogP contribution >= 0.6 is 0 Å². The Morgan fingerprint density at radius 2 is 1.31 bits per heavy atom. The van der Waals surface area contributed by atoms with Gasteiger partial charge in [-0.05, 0) is 93.8 Å². The van der Waals surface area contributed by atoms with E-state index in [1.165, 1.54) is 0 Å². The third-order valence-corrected chi connectivity index (χ3v) is 11.5. The minimum atomic E-state index is -2.24. The molecular weight excluding hydrogens is 600 g/mol. The van der Waals surface area contributed by atoms with Crippen LogP contribution in [0.15, 0.2) is 0 Å². The summed E-state index contributed by atoms with van der Waals surface area (Å²) in [4.78, 5) is 62.3. The fraction of sp³-hybridized carbons (Fsp3) is 0.742. The highest BCUT2D eigenvalue weighted by Gasteiger charge is 2.42. The molecule has 0 unspecified atom stereocenters. The fourth-order valence-electron chi connectivity index (χ4n) is 3.92. The van der Waals surface area contributed by atoms with E-state index in [1.54, 1.807) is 69.2 Å². The Morgan fingerprint density at radius 1 is 0.822 bits per heavy atom. The lowest BCUT2D eigenvalue weighted by atomic mass is 9.90. The second-order valence-electron chi connectivity index (χ2n) is 15.7. The molecule has 14 heteroatoms. The topological polar surface area (TPSA) is 155 Å². The van der Waals surface area contributed by atoms with Crippen molar-refractivity contribution in [3.8, 4) is 5.88 Å². The first-order valence-corrected chi connectivity index (χ1v) is 18.0. The number of carbonyl (C=O) groups is 4. The van der Waals surface area contributed by atoms with Crippen LogP contribution in [0.2, 0.25) is 18.1 Å². The van der Waals surface area contributed by atoms with Crippen molar-refractivity contribution in [3.63, 3.8) is 0 Å². The summed E-state index contributed by atoms with van der Waals surface area (Å²) < 4.78 is 28.1. The van der Waals surface area contributed by atoms with Crippen molar-refractivity contribution >= 4 is 44.2 Å². The van der Waals surface area contributed by atoms with Crippen LogP contribution in [-0.2, 0) is 29.9 Å². The summed E-state index contributed by atoms with van der Waals surface area (Å²) in [5.74, 6) is -1.28. The third kappa shape index (κ3) is 10.9. The Bertz CT molecular complexity index is 1260. The number of anilines is 2. The van der Waals surface area contributed by atoms with E-state index >= 15 is 0 Å². The molecule has 2 heterocycles. The van der Waals surface area contributed by atoms with Crippen molar-refractivity contribution in [2.45, 2.75) is 137 Å². The number of hydrogen-bond donors (Lipinski definition) is 1. The number of hydrogen-bond acceptors (Lipinski definition) is 12. The summed E-state index contributed by atoms with van der Waals surface area (Å²) in [6.07, 6.45) is -3.84. The molecule has 0 radical (unpaired) electrons. The quantitative estimate of drug-likeness (QED) is 0.190. The molecule has 0 aromatic carbocycles. The summed E-state index contributed by atoms with van der Waals surface area (Å²) in [6, 6.07) is 0. The van der Waals surface area contributed by atoms with Crippen LogP contribution in [0, 0.1) is 5.92 Å². The SMILES string of the molecule is C[C@H](O[Si](C)(C)C(C)(C)C)C(=O)[C@H]1CNc2nc(N(C(=O)OC(C)(C)C)C(=O)OC(C)(C)C)nc(OC(=O)OC(C)(C)C)c2C1. The van der Waals surface area contributed by atoms with Crippen LogP contribution in [0.5, 0.6) is 5.88 Å². The first-order chi connectivity index (χ1) is 20.1. The normalized spacial score (nSPS) is 16.5. The van der Waals surface area contributed by atoms with Gasteiger partial charge < -0.3 is 28.7 Å². The predicted molar refractivity (Wildman–Crippen MR) is 172 cm³/mol. The number of Topliss-reactive ketones (excluding diaryl/α,β-unsaturated/α-hetero) is 1. The number of ether oxygens (including phenoxy) is 4. The zero-order chi connectivity index (χ0) is 34.9. The molecule has 0 spiro atoms. The molecule has 0 saturated heterocycles. The highest BCUT2D eigenvalue weighted by molar-refractivity contribution is 6.74. The minimum absolute atomic E-state index is 0.0915. The van der Waals surface area contributed by atoms with Gasteiger partial charge in [-0.1, -0.05) is 20.8 Å². The Labute approximate surface area is 268 Å². The van der Waals surface area contributed by atoms with Gasteiger partial charge in [0.15, 0.2) is 14.1 Å². The molecule has 1 aliphatic rings. The molecule has 0 saturated carbocycles. The molecule has 1 aliphatic heterocycles. The largest absolute Gasteiger partial charge is 0.515 e. The Balaban J connectivity index is 2.60. The Kier molecular flexibility index (Phi) is 11.1. The molecule has 1 aromatic heterocycles. The molecule has 1 aromatic rings. The fourth-order valence-corrected chi connectivity index (χ4v) is 5.27. The molecule has 2 atom stereocenters. The molecule has 45 heavy (non-hydrogen) atoms. The molecule has 2 rings (SSSR count). The molecule has 254 valence electrons. The van der Waals surface area contributed by atoms with Gasteiger partial charge in [-0.25, -0.2) is 14.4 Å². The van der Waals surface area contributed by atoms with Gasteiger partial charge in [0.2, 0.25) is 11.8 Å². The van der Waals surface area contributed by atoms with Crippen LogP contribution in [0.3, 0.4) is 0 Å². The van der Waals surface area contributed by atoms with Crippen molar-refractivity contribution in [1.29, 1.82) is 0 Å². The first kappa shape index (κ1) is 37.9. The average molecular weight is 653 g/mol. The second kappa shape index (κ2) is 13.2. The molecule has 0 aliphatic carbocycles. The highest BCUT2D eigenvalue weighted by atomic mass is 28.4. The zero-order valence-electron chi connectivity index (χ0n) is 29.6. The lowest BCUT2D eigenvalue weighted by Crippen LogP contribution is -2.47. The van der Waals surface area contributed by atoms with E-state index in [-0.39, 0.29) is 35.5 Å². The van der Waals surface area contributed by atoms with E-state index in [0.717, 1.165) is 0 Å². The number of imide groups is 1. The van der Waals surface area contributed by atoms with Gasteiger partial charge in [0.1, 0.15) is 28.7 Å². The van der Waals surface area contributed by atoms with Crippen LogP contribution in [0.25, 0.3) is 0 Å². The van der Waals surface area contributed by atoms with E-state index < -0.39 is 61.4 Å². The number of fused-ring (bicyclic) bond motifs is 1. The van der Waals surface area contributed by atoms with Gasteiger partial charge >= 0.3 is 18.3 Å². The van der Waals surface area contributed by atoms with Crippen LogP contribution in [0.1, 0.15) is 95.6 Å². The van der Waals surface area contributed by atoms with Crippen molar-refractivity contribution < 1.29 is 42.6 Å². The molecule has 1 N–H and O–H groups in total. The number of aromatic nitrogens is 2. The zero-order valence-corrected chi connectivity index (χ0v) is 30.6. The van der Waals surface area contributed by atoms with Gasteiger partial charge in [0, 0.05) is 12.5 Å². The highest BCUT2D eigenvalue weighted by Crippen LogP contribution is 2.39. The standard InChI is InChI=1S/C31H52N4O9Si/c1-18(44-45(14,15)31(11,12)13)21(36)19-16-20-22(32-17-19)33-24(34-23(20)40-27(39)43-30(8,9)10)35(25(37)41-28(2,3)4)26(38)42-29(5,6)7/h18-19H,16-17H2,1-15H3,(H,32,33,34)/t18-,19+/m0/s1. The van der Waals surface area contributed by atoms with Gasteiger partial charge in [-0.2, -0.15) is 9.97 Å². The van der Waals surface area contributed by atoms with Crippen LogP contribution in [-0.4, -0.2) is 71.9 Å². The maximum absolute atomic E-state index is 13.6. The molecule has 0 fully saturated rings. The van der Waals surface area contributed by atoms with E-state index in [2.05, 4.69) is 49.1 Å². The number of nitrogens with zero attached hydrogens (tertiary/aromatic N) is 3. The van der Waals surface area contributed by atoms with E-state index in [4.69, 9.17) is 23.4 Å². The lowest BCUT2D eigenvalue weighted by molar-refractivity contribution is -0.129. The van der Waals surface area contributed by atoms with E-state index in [1.807, 2.05) is 0 Å². The van der Waals surface area contributed by atoms with Gasteiger partial charge in [0.25, 0.3) is 0 Å². The number of ketones is 1. The average Bonchev–Trinajstić information content (AvgIpc) is 2.78. The van der Waals surface area contributed by atoms with Crippen molar-refractivity contribution in [2.75, 3.05) is 16.8 Å². The molecular formula is C31H52N4O9Si. The monoisotopic (exact) mass is 652 g/mol. The molecule has 2 amide bonds. The first-order valence-electron chi connectivity index (χ1n) is 15.1. The number of nitrogens with one attached hydrogen (secondary N) is 1. The summed E-state index contributed by atoms with van der Waals surface area (Å²) in [7, 11) is -2.24. The van der Waals surface area contributed by atoms with Gasteiger partial charge in [0.05, 0.1) is 5.56 Å². The van der Waals surface area contributed by atoms with Crippen molar-refractivity contribution in [2.24, 2.45) is 5.92 Å². The summed E-state index contributed by atoms with van der Waals surface area (Å²) in [5.41, 5.74) is -2.55. The maximum Gasteiger partial charge on any atom is 0.515 e. The third-order valence-electron chi connectivity index (χ3n) is 6.93. The number of rotatable bonds is 6. The van der Waals surface area contributed by atoms with Crippen molar-refractivity contribution in [1.82, 2.24) is 9.97 Å². The number of carbonyl (C=O) groups excluding carboxylic acids is 4. The van der Waals surface area contributed by atoms with Gasteiger partial charge in [-0.15, -0.1) is 4.90 Å². The smallest absolute Gasteiger partial charge is 0.443 e. The summed E-state index contributed by atoms with van der Waals surface area (Å²) >= 11 is 0. The second-order valence-corrected chi connectivity index (χ2v) is 20.5. The van der Waals surface area contributed by atoms with Crippen molar-refractivity contribution in [3.05, 3.63) is 5.56 Å². The maximum atomic E-state index is 13.6.